The van der Waals surface area contributed by atoms with E-state index in [-0.39, 0.29) is 12.3 Å². The Morgan fingerprint density at radius 3 is 2.71 bits per heavy atom. The number of rotatable bonds is 1. The molecule has 0 aromatic carbocycles. The smallest absolute Gasteiger partial charge is 0.262 e. The van der Waals surface area contributed by atoms with Crippen molar-refractivity contribution in [2.45, 2.75) is 0 Å². The van der Waals surface area contributed by atoms with Crippen molar-refractivity contribution in [3.8, 4) is 0 Å². The summed E-state index contributed by atoms with van der Waals surface area (Å²) < 4.78 is 0.699. The van der Waals surface area contributed by atoms with Crippen LogP contribution in [0.3, 0.4) is 0 Å². The van der Waals surface area contributed by atoms with Gasteiger partial charge in [-0.05, 0) is 23.8 Å². The molecular formula is C10H9N2O2+. The Kier molecular flexibility index (Phi) is 2.10. The third-order valence-corrected chi connectivity index (χ3v) is 1.98. The van der Waals surface area contributed by atoms with Crippen LogP contribution in [0.5, 0.6) is 0 Å². The maximum Gasteiger partial charge on any atom is 0.262 e. The quantitative estimate of drug-likeness (QED) is 0.683. The summed E-state index contributed by atoms with van der Waals surface area (Å²) in [7, 11) is 0. The van der Waals surface area contributed by atoms with Crippen LogP contribution in [-0.2, 0) is 0 Å². The molecule has 1 aliphatic rings. The summed E-state index contributed by atoms with van der Waals surface area (Å²) in [6.07, 6.45) is 6.05. The molecule has 0 saturated carbocycles. The maximum absolute atomic E-state index is 11.1. The van der Waals surface area contributed by atoms with Crippen LogP contribution in [0.4, 0.5) is 0 Å². The minimum atomic E-state index is -0.0157. The van der Waals surface area contributed by atoms with Crippen molar-refractivity contribution in [3.63, 3.8) is 0 Å². The molecule has 1 N–H and O–H groups in total. The molecule has 70 valence electrons. The predicted octanol–water partition coefficient (Wildman–Crippen LogP) is 1.66. The van der Waals surface area contributed by atoms with Gasteiger partial charge in [0.15, 0.2) is 5.76 Å². The molecule has 14 heavy (non-hydrogen) atoms. The first-order chi connectivity index (χ1) is 6.75. The summed E-state index contributed by atoms with van der Waals surface area (Å²) >= 11 is 0. The van der Waals surface area contributed by atoms with Crippen molar-refractivity contribution in [2.75, 3.05) is 6.54 Å². The zero-order chi connectivity index (χ0) is 9.97. The van der Waals surface area contributed by atoms with E-state index >= 15 is 0 Å². The summed E-state index contributed by atoms with van der Waals surface area (Å²) in [6, 6.07) is 3.61. The Labute approximate surface area is 80.8 Å². The molecule has 0 unspecified atom stereocenters. The van der Waals surface area contributed by atoms with Crippen LogP contribution in [0.1, 0.15) is 5.56 Å². The molecule has 4 nitrogen and oxygen atoms in total. The summed E-state index contributed by atoms with van der Waals surface area (Å²) in [5, 5.41) is 9.24. The van der Waals surface area contributed by atoms with Gasteiger partial charge in [0.25, 0.3) is 6.20 Å². The van der Waals surface area contributed by atoms with Crippen LogP contribution >= 0.6 is 0 Å². The summed E-state index contributed by atoms with van der Waals surface area (Å²) in [4.78, 5) is 15.0. The lowest BCUT2D eigenvalue weighted by molar-refractivity contribution is -0.468. The fourth-order valence-corrected chi connectivity index (χ4v) is 1.36. The Morgan fingerprint density at radius 1 is 1.36 bits per heavy atom. The SMILES string of the molecule is O=[N+]1C=C(O)C=C(c2ccncc2)C1. The second-order valence-electron chi connectivity index (χ2n) is 3.03. The van der Waals surface area contributed by atoms with Crippen molar-refractivity contribution in [2.24, 2.45) is 0 Å². The molecule has 0 fully saturated rings. The van der Waals surface area contributed by atoms with Crippen LogP contribution in [-0.4, -0.2) is 21.4 Å². The van der Waals surface area contributed by atoms with Crippen LogP contribution in [0, 0.1) is 4.91 Å². The molecule has 0 saturated heterocycles. The van der Waals surface area contributed by atoms with Gasteiger partial charge in [-0.25, -0.2) is 0 Å². The molecule has 0 radical (unpaired) electrons. The summed E-state index contributed by atoms with van der Waals surface area (Å²) in [5.41, 5.74) is 1.70. The van der Waals surface area contributed by atoms with Gasteiger partial charge in [-0.3, -0.25) is 4.98 Å². The van der Waals surface area contributed by atoms with E-state index in [0.29, 0.717) is 4.76 Å². The zero-order valence-electron chi connectivity index (χ0n) is 7.42. The first kappa shape index (κ1) is 8.62. The third-order valence-electron chi connectivity index (χ3n) is 1.98. The Bertz CT molecular complexity index is 421. The molecule has 1 aromatic heterocycles. The number of allylic oxidation sites excluding steroid dienone is 1. The first-order valence-corrected chi connectivity index (χ1v) is 4.21. The first-order valence-electron chi connectivity index (χ1n) is 4.21. The minimum Gasteiger partial charge on any atom is -0.503 e. The van der Waals surface area contributed by atoms with Crippen molar-refractivity contribution >= 4 is 5.57 Å². The second-order valence-corrected chi connectivity index (χ2v) is 3.03. The minimum absolute atomic E-state index is 0.0157. The van der Waals surface area contributed by atoms with Gasteiger partial charge >= 0.3 is 0 Å². The van der Waals surface area contributed by atoms with Gasteiger partial charge in [-0.2, -0.15) is 0 Å². The topological polar surface area (TPSA) is 53.2 Å². The molecule has 0 atom stereocenters. The third kappa shape index (κ3) is 1.69. The number of aliphatic hydroxyl groups is 1. The van der Waals surface area contributed by atoms with Gasteiger partial charge in [0.2, 0.25) is 6.54 Å². The van der Waals surface area contributed by atoms with Gasteiger partial charge in [0, 0.05) is 27.6 Å². The average molecular weight is 189 g/mol. The van der Waals surface area contributed by atoms with E-state index in [1.54, 1.807) is 30.6 Å². The fourth-order valence-electron chi connectivity index (χ4n) is 1.36. The van der Waals surface area contributed by atoms with E-state index in [1.165, 1.54) is 0 Å². The fraction of sp³-hybridized carbons (Fsp3) is 0.100. The second kappa shape index (κ2) is 3.41. The molecule has 2 heterocycles. The summed E-state index contributed by atoms with van der Waals surface area (Å²) in [6.45, 7) is 0.258. The number of hydrogen-bond donors (Lipinski definition) is 1. The number of nitroso groups, excluding NO2 is 1. The number of hydrogen-bond acceptors (Lipinski definition) is 3. The normalized spacial score (nSPS) is 16.1. The lowest BCUT2D eigenvalue weighted by Gasteiger charge is -2.04. The largest absolute Gasteiger partial charge is 0.503 e. The number of pyridine rings is 1. The number of aliphatic hydroxyl groups excluding tert-OH is 1. The monoisotopic (exact) mass is 189 g/mol. The van der Waals surface area contributed by atoms with Crippen molar-refractivity contribution < 1.29 is 9.87 Å². The van der Waals surface area contributed by atoms with Crippen LogP contribution in [0.25, 0.3) is 5.57 Å². The Hall–Kier alpha value is -1.97. The van der Waals surface area contributed by atoms with Gasteiger partial charge in [0.1, 0.15) is 0 Å². The number of nitrogens with zero attached hydrogens (tertiary/aromatic N) is 2. The Morgan fingerprint density at radius 2 is 2.07 bits per heavy atom. The van der Waals surface area contributed by atoms with E-state index < -0.39 is 0 Å². The van der Waals surface area contributed by atoms with Crippen molar-refractivity contribution in [1.82, 2.24) is 4.98 Å². The average Bonchev–Trinajstić information content (AvgIpc) is 2.18. The molecule has 2 rings (SSSR count). The molecule has 0 spiro atoms. The van der Waals surface area contributed by atoms with Crippen molar-refractivity contribution in [3.05, 3.63) is 53.0 Å². The van der Waals surface area contributed by atoms with Crippen LogP contribution < -0.4 is 0 Å². The highest BCUT2D eigenvalue weighted by atomic mass is 16.3. The van der Waals surface area contributed by atoms with Crippen molar-refractivity contribution in [1.29, 1.82) is 0 Å². The standard InChI is InChI=1S/C10H8N2O2/c13-10-5-9(6-12(14)7-10)8-1-3-11-4-2-8/h1-5,7H,6H2/p+1. The molecule has 0 aliphatic carbocycles. The lowest BCUT2D eigenvalue weighted by Crippen LogP contribution is -2.10. The maximum atomic E-state index is 11.1. The zero-order valence-corrected chi connectivity index (χ0v) is 7.42. The van der Waals surface area contributed by atoms with Crippen LogP contribution in [0.2, 0.25) is 0 Å². The molecule has 4 heteroatoms. The van der Waals surface area contributed by atoms with Gasteiger partial charge in [-0.1, -0.05) is 0 Å². The van der Waals surface area contributed by atoms with E-state index in [1.807, 2.05) is 0 Å². The highest BCUT2D eigenvalue weighted by Crippen LogP contribution is 2.18. The Balaban J connectivity index is 2.37. The van der Waals surface area contributed by atoms with E-state index in [0.717, 1.165) is 17.3 Å². The van der Waals surface area contributed by atoms with Gasteiger partial charge in [0.05, 0.1) is 0 Å². The predicted molar refractivity (Wildman–Crippen MR) is 51.4 cm³/mol. The molecular weight excluding hydrogens is 180 g/mol. The number of aromatic nitrogens is 1. The lowest BCUT2D eigenvalue weighted by atomic mass is 10.1. The highest BCUT2D eigenvalue weighted by molar-refractivity contribution is 5.68. The van der Waals surface area contributed by atoms with Gasteiger partial charge in [-0.15, -0.1) is 0 Å². The van der Waals surface area contributed by atoms with E-state index in [2.05, 4.69) is 4.98 Å². The molecule has 0 amide bonds. The molecule has 1 aromatic rings. The highest BCUT2D eigenvalue weighted by Gasteiger charge is 2.18. The van der Waals surface area contributed by atoms with E-state index in [4.69, 9.17) is 0 Å². The molecule has 0 bridgehead atoms. The van der Waals surface area contributed by atoms with E-state index in [9.17, 15) is 10.0 Å². The summed E-state index contributed by atoms with van der Waals surface area (Å²) in [5.74, 6) is -0.0157. The van der Waals surface area contributed by atoms with Gasteiger partial charge < -0.3 is 5.11 Å². The molecule has 1 aliphatic heterocycles. The van der Waals surface area contributed by atoms with Crippen LogP contribution in [0.15, 0.2) is 42.6 Å².